The van der Waals surface area contributed by atoms with Gasteiger partial charge in [-0.05, 0) is 41.8 Å². The molecule has 1 nitrogen and oxygen atoms in total. The van der Waals surface area contributed by atoms with Gasteiger partial charge in [0, 0.05) is 10.4 Å². The molecular weight excluding hydrogens is 282 g/mol. The number of hydrogen-bond donors (Lipinski definition) is 0. The molecule has 0 aliphatic carbocycles. The van der Waals surface area contributed by atoms with E-state index in [1.807, 2.05) is 0 Å². The zero-order valence-electron chi connectivity index (χ0n) is 9.67. The van der Waals surface area contributed by atoms with Gasteiger partial charge in [0.2, 0.25) is 0 Å². The van der Waals surface area contributed by atoms with Gasteiger partial charge in [-0.15, -0.1) is 11.3 Å². The molecule has 0 bridgehead atoms. The van der Waals surface area contributed by atoms with E-state index >= 15 is 0 Å². The number of benzene rings is 1. The Morgan fingerprint density at radius 2 is 2.06 bits per heavy atom. The van der Waals surface area contributed by atoms with E-state index in [9.17, 15) is 0 Å². The summed E-state index contributed by atoms with van der Waals surface area (Å²) in [5.41, 5.74) is 4.99. The van der Waals surface area contributed by atoms with Crippen molar-refractivity contribution in [2.75, 3.05) is 0 Å². The predicted molar refractivity (Wildman–Crippen MR) is 74.1 cm³/mol. The highest BCUT2D eigenvalue weighted by Crippen LogP contribution is 2.33. The van der Waals surface area contributed by atoms with Crippen LogP contribution in [0.5, 0.6) is 0 Å². The molecule has 0 saturated heterocycles. The van der Waals surface area contributed by atoms with Crippen LogP contribution >= 0.6 is 27.3 Å². The number of hydrogen-bond acceptors (Lipinski definition) is 2. The Kier molecular flexibility index (Phi) is 3.45. The Morgan fingerprint density at radius 3 is 2.69 bits per heavy atom. The fraction of sp³-hybridized carbons (Fsp3) is 0.308. The SMILES string of the molecule is CCc1sc(Br)nc1-c1ccc(C)cc1C. The lowest BCUT2D eigenvalue weighted by molar-refractivity contribution is 1.16. The first-order valence-corrected chi connectivity index (χ1v) is 6.95. The van der Waals surface area contributed by atoms with Crippen LogP contribution in [0.25, 0.3) is 11.3 Å². The molecule has 0 aliphatic heterocycles. The maximum atomic E-state index is 4.58. The Labute approximate surface area is 109 Å². The van der Waals surface area contributed by atoms with Crippen molar-refractivity contribution in [1.29, 1.82) is 0 Å². The molecule has 0 unspecified atom stereocenters. The second-order valence-corrected chi connectivity index (χ2v) is 6.27. The van der Waals surface area contributed by atoms with Crippen molar-refractivity contribution in [3.8, 4) is 11.3 Å². The fourth-order valence-corrected chi connectivity index (χ4v) is 3.35. The van der Waals surface area contributed by atoms with Crippen molar-refractivity contribution in [3.05, 3.63) is 38.1 Å². The number of nitrogens with zero attached hydrogens (tertiary/aromatic N) is 1. The summed E-state index contributed by atoms with van der Waals surface area (Å²) in [6.45, 7) is 6.44. The topological polar surface area (TPSA) is 12.9 Å². The zero-order valence-corrected chi connectivity index (χ0v) is 12.1. The summed E-state index contributed by atoms with van der Waals surface area (Å²) >= 11 is 5.20. The minimum atomic E-state index is 0.972. The van der Waals surface area contributed by atoms with E-state index in [0.717, 1.165) is 16.0 Å². The molecule has 1 heterocycles. The van der Waals surface area contributed by atoms with E-state index in [4.69, 9.17) is 0 Å². The van der Waals surface area contributed by atoms with E-state index < -0.39 is 0 Å². The first kappa shape index (κ1) is 11.8. The summed E-state index contributed by atoms with van der Waals surface area (Å²) in [7, 11) is 0. The summed E-state index contributed by atoms with van der Waals surface area (Å²) in [6, 6.07) is 6.53. The van der Waals surface area contributed by atoms with Gasteiger partial charge in [0.25, 0.3) is 0 Å². The summed E-state index contributed by atoms with van der Waals surface area (Å²) in [6.07, 6.45) is 1.03. The standard InChI is InChI=1S/C13H14BrNS/c1-4-11-12(15-13(14)16-11)10-6-5-8(2)7-9(10)3/h5-7H,4H2,1-3H3. The molecule has 0 radical (unpaired) electrons. The van der Waals surface area contributed by atoms with Gasteiger partial charge in [0.1, 0.15) is 0 Å². The molecule has 0 aliphatic rings. The number of thiazole rings is 1. The van der Waals surface area contributed by atoms with Gasteiger partial charge in [-0.1, -0.05) is 30.7 Å². The van der Waals surface area contributed by atoms with Gasteiger partial charge in [-0.3, -0.25) is 0 Å². The van der Waals surface area contributed by atoms with Crippen LogP contribution in [0.2, 0.25) is 0 Å². The minimum Gasteiger partial charge on any atom is -0.229 e. The van der Waals surface area contributed by atoms with E-state index in [1.54, 1.807) is 11.3 Å². The zero-order chi connectivity index (χ0) is 11.7. The molecule has 0 fully saturated rings. The van der Waals surface area contributed by atoms with E-state index in [-0.39, 0.29) is 0 Å². The molecule has 0 atom stereocenters. The first-order valence-electron chi connectivity index (χ1n) is 5.34. The first-order chi connectivity index (χ1) is 7.61. The number of aromatic nitrogens is 1. The van der Waals surface area contributed by atoms with Crippen molar-refractivity contribution in [2.45, 2.75) is 27.2 Å². The molecule has 16 heavy (non-hydrogen) atoms. The van der Waals surface area contributed by atoms with Crippen LogP contribution in [0.1, 0.15) is 22.9 Å². The normalized spacial score (nSPS) is 10.8. The van der Waals surface area contributed by atoms with E-state index in [2.05, 4.69) is 59.9 Å². The quantitative estimate of drug-likeness (QED) is 0.779. The van der Waals surface area contributed by atoms with Gasteiger partial charge in [-0.2, -0.15) is 0 Å². The van der Waals surface area contributed by atoms with Crippen LogP contribution in [0, 0.1) is 13.8 Å². The highest BCUT2D eigenvalue weighted by atomic mass is 79.9. The third-order valence-corrected chi connectivity index (χ3v) is 4.28. The molecule has 84 valence electrons. The summed E-state index contributed by atoms with van der Waals surface area (Å²) in [5.74, 6) is 0. The largest absolute Gasteiger partial charge is 0.229 e. The summed E-state index contributed by atoms with van der Waals surface area (Å²) in [4.78, 5) is 5.92. The fourth-order valence-electron chi connectivity index (χ4n) is 1.85. The minimum absolute atomic E-state index is 0.972. The van der Waals surface area contributed by atoms with Gasteiger partial charge in [0.15, 0.2) is 3.92 Å². The predicted octanol–water partition coefficient (Wildman–Crippen LogP) is 4.75. The van der Waals surface area contributed by atoms with Crippen LogP contribution in [0.3, 0.4) is 0 Å². The molecule has 0 N–H and O–H groups in total. The third-order valence-electron chi connectivity index (χ3n) is 2.63. The Hall–Kier alpha value is -0.670. The molecule has 0 spiro atoms. The van der Waals surface area contributed by atoms with Crippen LogP contribution in [0.4, 0.5) is 0 Å². The van der Waals surface area contributed by atoms with Crippen LogP contribution in [-0.4, -0.2) is 4.98 Å². The summed E-state index contributed by atoms with van der Waals surface area (Å²) < 4.78 is 0.972. The molecule has 1 aromatic heterocycles. The molecule has 0 amide bonds. The molecular formula is C13H14BrNS. The maximum Gasteiger partial charge on any atom is 0.160 e. The summed E-state index contributed by atoms with van der Waals surface area (Å²) in [5, 5.41) is 0. The number of aryl methyl sites for hydroxylation is 3. The van der Waals surface area contributed by atoms with Crippen LogP contribution < -0.4 is 0 Å². The second-order valence-electron chi connectivity index (χ2n) is 3.91. The van der Waals surface area contributed by atoms with Gasteiger partial charge < -0.3 is 0 Å². The lowest BCUT2D eigenvalue weighted by atomic mass is 10.0. The number of rotatable bonds is 2. The molecule has 2 aromatic rings. The van der Waals surface area contributed by atoms with Gasteiger partial charge in [0.05, 0.1) is 5.69 Å². The van der Waals surface area contributed by atoms with Crippen molar-refractivity contribution < 1.29 is 0 Å². The Balaban J connectivity index is 2.57. The van der Waals surface area contributed by atoms with Crippen LogP contribution in [0.15, 0.2) is 22.1 Å². The molecule has 2 rings (SSSR count). The van der Waals surface area contributed by atoms with Crippen molar-refractivity contribution in [3.63, 3.8) is 0 Å². The van der Waals surface area contributed by atoms with Gasteiger partial charge >= 0.3 is 0 Å². The third kappa shape index (κ3) is 2.20. The maximum absolute atomic E-state index is 4.58. The van der Waals surface area contributed by atoms with Crippen molar-refractivity contribution >= 4 is 27.3 Å². The lowest BCUT2D eigenvalue weighted by Crippen LogP contribution is -1.88. The highest BCUT2D eigenvalue weighted by molar-refractivity contribution is 9.11. The van der Waals surface area contributed by atoms with Crippen molar-refractivity contribution in [1.82, 2.24) is 4.98 Å². The average molecular weight is 296 g/mol. The molecule has 1 aromatic carbocycles. The van der Waals surface area contributed by atoms with Crippen molar-refractivity contribution in [2.24, 2.45) is 0 Å². The smallest absolute Gasteiger partial charge is 0.160 e. The lowest BCUT2D eigenvalue weighted by Gasteiger charge is -2.05. The molecule has 3 heteroatoms. The number of halogens is 1. The highest BCUT2D eigenvalue weighted by Gasteiger charge is 2.12. The Morgan fingerprint density at radius 1 is 1.31 bits per heavy atom. The van der Waals surface area contributed by atoms with Crippen LogP contribution in [-0.2, 0) is 6.42 Å². The second kappa shape index (κ2) is 4.68. The Bertz CT molecular complexity index is 517. The average Bonchev–Trinajstić information content (AvgIpc) is 2.59. The van der Waals surface area contributed by atoms with E-state index in [0.29, 0.717) is 0 Å². The monoisotopic (exact) mass is 295 g/mol. The molecule has 0 saturated carbocycles. The van der Waals surface area contributed by atoms with E-state index in [1.165, 1.54) is 21.6 Å². The van der Waals surface area contributed by atoms with Gasteiger partial charge in [-0.25, -0.2) is 4.98 Å².